The number of ether oxygens (including phenoxy) is 1. The highest BCUT2D eigenvalue weighted by molar-refractivity contribution is 5.51. The Bertz CT molecular complexity index is 350. The Morgan fingerprint density at radius 3 is 2.42 bits per heavy atom. The van der Waals surface area contributed by atoms with E-state index >= 15 is 0 Å². The van der Waals surface area contributed by atoms with Crippen LogP contribution in [0.5, 0.6) is 5.75 Å². The zero-order valence-corrected chi connectivity index (χ0v) is 12.6. The Morgan fingerprint density at radius 2 is 1.84 bits per heavy atom. The number of nitrogens with two attached hydrogens (primary N) is 1. The van der Waals surface area contributed by atoms with Gasteiger partial charge in [0.25, 0.3) is 0 Å². The summed E-state index contributed by atoms with van der Waals surface area (Å²) in [6.45, 7) is 10.6. The van der Waals surface area contributed by atoms with Gasteiger partial charge in [0.1, 0.15) is 12.4 Å². The van der Waals surface area contributed by atoms with Crippen molar-refractivity contribution in [3.8, 4) is 5.75 Å². The van der Waals surface area contributed by atoms with E-state index in [1.165, 1.54) is 12.8 Å². The molecule has 0 aliphatic rings. The number of likely N-dealkylation sites (N-methyl/N-ethyl adjacent to an activating group) is 1. The summed E-state index contributed by atoms with van der Waals surface area (Å²) in [5, 5.41) is 0. The standard InChI is InChI=1S/C16H28N2O/c1-4-14(5-2)13-18(6-3)11-12-19-16-10-8-7-9-15(16)17/h7-10,14H,4-6,11-13,17H2,1-3H3. The first-order valence-corrected chi connectivity index (χ1v) is 7.40. The number of nitrogens with zero attached hydrogens (tertiary/aromatic N) is 1. The maximum atomic E-state index is 5.86. The van der Waals surface area contributed by atoms with Crippen LogP contribution in [0, 0.1) is 5.92 Å². The molecule has 2 N–H and O–H groups in total. The molecule has 3 nitrogen and oxygen atoms in total. The van der Waals surface area contributed by atoms with E-state index < -0.39 is 0 Å². The lowest BCUT2D eigenvalue weighted by atomic mass is 10.0. The van der Waals surface area contributed by atoms with Crippen LogP contribution in [-0.2, 0) is 0 Å². The molecule has 0 heterocycles. The molecule has 0 aliphatic carbocycles. The fourth-order valence-electron chi connectivity index (χ4n) is 2.19. The molecule has 1 rings (SSSR count). The Balaban J connectivity index is 2.35. The molecule has 108 valence electrons. The first kappa shape index (κ1) is 15.8. The minimum Gasteiger partial charge on any atom is -0.490 e. The third-order valence-corrected chi connectivity index (χ3v) is 3.70. The highest BCUT2D eigenvalue weighted by Crippen LogP contribution is 2.19. The molecule has 0 atom stereocenters. The van der Waals surface area contributed by atoms with Crippen LogP contribution in [0.25, 0.3) is 0 Å². The van der Waals surface area contributed by atoms with Crippen molar-refractivity contribution in [3.05, 3.63) is 24.3 Å². The van der Waals surface area contributed by atoms with Crippen LogP contribution in [0.2, 0.25) is 0 Å². The maximum absolute atomic E-state index is 5.86. The zero-order valence-electron chi connectivity index (χ0n) is 12.6. The predicted octanol–water partition coefficient (Wildman–Crippen LogP) is 3.41. The van der Waals surface area contributed by atoms with E-state index in [4.69, 9.17) is 10.5 Å². The zero-order chi connectivity index (χ0) is 14.1. The summed E-state index contributed by atoms with van der Waals surface area (Å²) in [6, 6.07) is 7.67. The minimum absolute atomic E-state index is 0.697. The molecule has 1 aromatic carbocycles. The fourth-order valence-corrected chi connectivity index (χ4v) is 2.19. The smallest absolute Gasteiger partial charge is 0.142 e. The van der Waals surface area contributed by atoms with Gasteiger partial charge in [-0.25, -0.2) is 0 Å². The van der Waals surface area contributed by atoms with Gasteiger partial charge in [-0.3, -0.25) is 4.90 Å². The van der Waals surface area contributed by atoms with Crippen molar-refractivity contribution in [2.24, 2.45) is 5.92 Å². The molecule has 0 saturated carbocycles. The van der Waals surface area contributed by atoms with Gasteiger partial charge in [0, 0.05) is 13.1 Å². The van der Waals surface area contributed by atoms with Crippen molar-refractivity contribution in [3.63, 3.8) is 0 Å². The van der Waals surface area contributed by atoms with Gasteiger partial charge >= 0.3 is 0 Å². The average Bonchev–Trinajstić information content (AvgIpc) is 2.44. The van der Waals surface area contributed by atoms with Gasteiger partial charge in [-0.05, 0) is 24.6 Å². The molecular weight excluding hydrogens is 236 g/mol. The second-order valence-electron chi connectivity index (χ2n) is 4.96. The summed E-state index contributed by atoms with van der Waals surface area (Å²) in [5.74, 6) is 1.59. The highest BCUT2D eigenvalue weighted by atomic mass is 16.5. The number of anilines is 1. The maximum Gasteiger partial charge on any atom is 0.142 e. The molecule has 0 radical (unpaired) electrons. The Morgan fingerprint density at radius 1 is 1.16 bits per heavy atom. The molecule has 0 aliphatic heterocycles. The van der Waals surface area contributed by atoms with Crippen molar-refractivity contribution in [1.29, 1.82) is 0 Å². The van der Waals surface area contributed by atoms with Crippen LogP contribution in [0.3, 0.4) is 0 Å². The van der Waals surface area contributed by atoms with Crippen molar-refractivity contribution in [1.82, 2.24) is 4.90 Å². The molecule has 0 amide bonds. The fraction of sp³-hybridized carbons (Fsp3) is 0.625. The molecule has 0 saturated heterocycles. The number of nitrogen functional groups attached to an aromatic ring is 1. The summed E-state index contributed by atoms with van der Waals surface area (Å²) in [5.41, 5.74) is 6.57. The lowest BCUT2D eigenvalue weighted by Crippen LogP contribution is -2.32. The van der Waals surface area contributed by atoms with Gasteiger partial charge < -0.3 is 10.5 Å². The lowest BCUT2D eigenvalue weighted by molar-refractivity contribution is 0.188. The quantitative estimate of drug-likeness (QED) is 0.695. The Hall–Kier alpha value is -1.22. The normalized spacial score (nSPS) is 11.2. The minimum atomic E-state index is 0.697. The van der Waals surface area contributed by atoms with Gasteiger partial charge in [-0.1, -0.05) is 45.7 Å². The molecule has 19 heavy (non-hydrogen) atoms. The van der Waals surface area contributed by atoms with Crippen LogP contribution in [-0.4, -0.2) is 31.1 Å². The number of benzene rings is 1. The molecular formula is C16H28N2O. The molecule has 0 unspecified atom stereocenters. The molecule has 1 aromatic rings. The van der Waals surface area contributed by atoms with E-state index in [-0.39, 0.29) is 0 Å². The van der Waals surface area contributed by atoms with E-state index in [1.807, 2.05) is 24.3 Å². The largest absolute Gasteiger partial charge is 0.490 e. The first-order valence-electron chi connectivity index (χ1n) is 7.40. The topological polar surface area (TPSA) is 38.5 Å². The average molecular weight is 264 g/mol. The number of hydrogen-bond acceptors (Lipinski definition) is 3. The number of para-hydroxylation sites is 2. The van der Waals surface area contributed by atoms with Crippen LogP contribution in [0.1, 0.15) is 33.6 Å². The molecule has 0 spiro atoms. The van der Waals surface area contributed by atoms with Crippen LogP contribution in [0.15, 0.2) is 24.3 Å². The van der Waals surface area contributed by atoms with Gasteiger partial charge in [-0.2, -0.15) is 0 Å². The number of rotatable bonds is 9. The Kier molecular flexibility index (Phi) is 7.34. The van der Waals surface area contributed by atoms with E-state index in [0.29, 0.717) is 12.3 Å². The van der Waals surface area contributed by atoms with Crippen LogP contribution < -0.4 is 10.5 Å². The summed E-state index contributed by atoms with van der Waals surface area (Å²) < 4.78 is 5.75. The van der Waals surface area contributed by atoms with Gasteiger partial charge in [-0.15, -0.1) is 0 Å². The predicted molar refractivity (Wildman–Crippen MR) is 82.5 cm³/mol. The molecule has 3 heteroatoms. The van der Waals surface area contributed by atoms with Gasteiger partial charge in [0.15, 0.2) is 0 Å². The lowest BCUT2D eigenvalue weighted by Gasteiger charge is -2.25. The second-order valence-corrected chi connectivity index (χ2v) is 4.96. The van der Waals surface area contributed by atoms with Crippen molar-refractivity contribution in [2.45, 2.75) is 33.6 Å². The Labute approximate surface area is 117 Å². The summed E-state index contributed by atoms with van der Waals surface area (Å²) in [4.78, 5) is 2.46. The SMILES string of the molecule is CCC(CC)CN(CC)CCOc1ccccc1N. The van der Waals surface area contributed by atoms with Crippen molar-refractivity contribution < 1.29 is 4.74 Å². The van der Waals surface area contributed by atoms with Crippen LogP contribution in [0.4, 0.5) is 5.69 Å². The summed E-state index contributed by atoms with van der Waals surface area (Å²) in [6.07, 6.45) is 2.50. The van der Waals surface area contributed by atoms with Crippen molar-refractivity contribution in [2.75, 3.05) is 32.0 Å². The molecule has 0 bridgehead atoms. The van der Waals surface area contributed by atoms with E-state index in [9.17, 15) is 0 Å². The summed E-state index contributed by atoms with van der Waals surface area (Å²) >= 11 is 0. The van der Waals surface area contributed by atoms with E-state index in [2.05, 4.69) is 25.7 Å². The van der Waals surface area contributed by atoms with Crippen molar-refractivity contribution >= 4 is 5.69 Å². The summed E-state index contributed by atoms with van der Waals surface area (Å²) in [7, 11) is 0. The monoisotopic (exact) mass is 264 g/mol. The first-order chi connectivity index (χ1) is 9.21. The second kappa shape index (κ2) is 8.81. The van der Waals surface area contributed by atoms with Crippen LogP contribution >= 0.6 is 0 Å². The van der Waals surface area contributed by atoms with Gasteiger partial charge in [0.05, 0.1) is 5.69 Å². The molecule has 0 aromatic heterocycles. The van der Waals surface area contributed by atoms with E-state index in [1.54, 1.807) is 0 Å². The number of hydrogen-bond donors (Lipinski definition) is 1. The van der Waals surface area contributed by atoms with Gasteiger partial charge in [0.2, 0.25) is 0 Å². The molecule has 0 fully saturated rings. The highest BCUT2D eigenvalue weighted by Gasteiger charge is 2.10. The van der Waals surface area contributed by atoms with E-state index in [0.717, 1.165) is 31.3 Å². The third kappa shape index (κ3) is 5.52. The third-order valence-electron chi connectivity index (χ3n) is 3.70.